The highest BCUT2D eigenvalue weighted by molar-refractivity contribution is 7.92. The highest BCUT2D eigenvalue weighted by Gasteiger charge is 2.21. The van der Waals surface area contributed by atoms with E-state index in [9.17, 15) is 13.2 Å². The first kappa shape index (κ1) is 14.1. The minimum absolute atomic E-state index is 0.0473. The first-order chi connectivity index (χ1) is 9.31. The van der Waals surface area contributed by atoms with Crippen molar-refractivity contribution in [3.05, 3.63) is 41.6 Å². The molecule has 0 aliphatic rings. The molecule has 0 spiro atoms. The van der Waals surface area contributed by atoms with Gasteiger partial charge < -0.3 is 5.11 Å². The fraction of sp³-hybridized carbons (Fsp3) is 0.167. The molecule has 20 heavy (non-hydrogen) atoms. The third kappa shape index (κ3) is 2.64. The highest BCUT2D eigenvalue weighted by Crippen LogP contribution is 2.21. The van der Waals surface area contributed by atoms with Crippen molar-refractivity contribution in [2.45, 2.75) is 11.8 Å². The molecule has 0 unspecified atom stereocenters. The number of nitrogens with one attached hydrogen (secondary N) is 1. The minimum atomic E-state index is -3.88. The van der Waals surface area contributed by atoms with Gasteiger partial charge in [0.25, 0.3) is 10.0 Å². The van der Waals surface area contributed by atoms with Crippen LogP contribution in [0.5, 0.6) is 0 Å². The Bertz CT molecular complexity index is 765. The molecule has 2 rings (SSSR count). The van der Waals surface area contributed by atoms with E-state index in [2.05, 4.69) is 9.82 Å². The lowest BCUT2D eigenvalue weighted by Gasteiger charge is -2.10. The Labute approximate surface area is 115 Å². The largest absolute Gasteiger partial charge is 0.478 e. The number of anilines is 1. The first-order valence-corrected chi connectivity index (χ1v) is 7.15. The van der Waals surface area contributed by atoms with E-state index in [0.717, 1.165) is 0 Å². The third-order valence-corrected chi connectivity index (χ3v) is 4.26. The molecular formula is C12H13N3O4S. The predicted octanol–water partition coefficient (Wildman–Crippen LogP) is 1.23. The number of hydrogen-bond donors (Lipinski definition) is 2. The Morgan fingerprint density at radius 3 is 2.60 bits per heavy atom. The number of aromatic nitrogens is 2. The maximum atomic E-state index is 12.3. The number of carbonyl (C=O) groups is 1. The van der Waals surface area contributed by atoms with Crippen LogP contribution in [0.3, 0.4) is 0 Å². The number of aryl methyl sites for hydroxylation is 1. The molecule has 0 amide bonds. The molecule has 0 saturated carbocycles. The zero-order valence-electron chi connectivity index (χ0n) is 10.9. The molecule has 0 atom stereocenters. The van der Waals surface area contributed by atoms with Crippen LogP contribution in [0.4, 0.5) is 5.82 Å². The van der Waals surface area contributed by atoms with Gasteiger partial charge in [0.1, 0.15) is 0 Å². The molecule has 7 nitrogen and oxygen atoms in total. The van der Waals surface area contributed by atoms with Crippen molar-refractivity contribution < 1.29 is 18.3 Å². The van der Waals surface area contributed by atoms with Crippen molar-refractivity contribution in [1.29, 1.82) is 0 Å². The number of nitrogens with zero attached hydrogens (tertiary/aromatic N) is 2. The Morgan fingerprint density at radius 2 is 2.05 bits per heavy atom. The van der Waals surface area contributed by atoms with Gasteiger partial charge in [0.05, 0.1) is 10.5 Å². The molecule has 1 heterocycles. The summed E-state index contributed by atoms with van der Waals surface area (Å²) in [5.74, 6) is -0.995. The second-order valence-corrected chi connectivity index (χ2v) is 5.86. The Kier molecular flexibility index (Phi) is 3.49. The molecular weight excluding hydrogens is 282 g/mol. The second-order valence-electron chi connectivity index (χ2n) is 4.21. The zero-order valence-corrected chi connectivity index (χ0v) is 11.7. The topological polar surface area (TPSA) is 101 Å². The van der Waals surface area contributed by atoms with Crippen molar-refractivity contribution in [3.63, 3.8) is 0 Å². The molecule has 1 aromatic heterocycles. The molecule has 0 aliphatic carbocycles. The first-order valence-electron chi connectivity index (χ1n) is 5.66. The van der Waals surface area contributed by atoms with Gasteiger partial charge >= 0.3 is 5.97 Å². The van der Waals surface area contributed by atoms with Gasteiger partial charge in [-0.25, -0.2) is 13.2 Å². The van der Waals surface area contributed by atoms with Crippen LogP contribution in [0.15, 0.2) is 35.4 Å². The smallest absolute Gasteiger partial charge is 0.335 e. The predicted molar refractivity (Wildman–Crippen MR) is 72.2 cm³/mol. The summed E-state index contributed by atoms with van der Waals surface area (Å²) in [4.78, 5) is 11.0. The van der Waals surface area contributed by atoms with E-state index in [4.69, 9.17) is 5.11 Å². The number of carboxylic acid groups (broad SMARTS) is 1. The SMILES string of the molecule is Cc1c(C(=O)O)cccc1S(=O)(=O)Nc1ccn(C)n1. The van der Waals surface area contributed by atoms with E-state index >= 15 is 0 Å². The Balaban J connectivity index is 2.44. The van der Waals surface area contributed by atoms with Crippen LogP contribution in [0.25, 0.3) is 0 Å². The normalized spacial score (nSPS) is 11.3. The van der Waals surface area contributed by atoms with Crippen LogP contribution in [0, 0.1) is 6.92 Å². The number of hydrogen-bond acceptors (Lipinski definition) is 4. The molecule has 2 N–H and O–H groups in total. The Morgan fingerprint density at radius 1 is 1.35 bits per heavy atom. The van der Waals surface area contributed by atoms with E-state index in [1.54, 1.807) is 13.2 Å². The summed E-state index contributed by atoms with van der Waals surface area (Å²) < 4.78 is 28.3. The van der Waals surface area contributed by atoms with E-state index in [1.807, 2.05) is 0 Å². The lowest BCUT2D eigenvalue weighted by Crippen LogP contribution is -2.16. The van der Waals surface area contributed by atoms with Crippen LogP contribution < -0.4 is 4.72 Å². The minimum Gasteiger partial charge on any atom is -0.478 e. The quantitative estimate of drug-likeness (QED) is 0.883. The molecule has 0 bridgehead atoms. The van der Waals surface area contributed by atoms with Gasteiger partial charge in [0, 0.05) is 19.3 Å². The number of carboxylic acids is 1. The lowest BCUT2D eigenvalue weighted by molar-refractivity contribution is 0.0696. The average Bonchev–Trinajstić information content (AvgIpc) is 2.73. The molecule has 0 radical (unpaired) electrons. The molecule has 8 heteroatoms. The van der Waals surface area contributed by atoms with Gasteiger partial charge in [0.2, 0.25) is 0 Å². The van der Waals surface area contributed by atoms with Crippen LogP contribution in [0.2, 0.25) is 0 Å². The van der Waals surface area contributed by atoms with Gasteiger partial charge in [-0.2, -0.15) is 5.10 Å². The maximum absolute atomic E-state index is 12.3. The average molecular weight is 295 g/mol. The van der Waals surface area contributed by atoms with E-state index in [1.165, 1.54) is 35.9 Å². The van der Waals surface area contributed by atoms with Gasteiger partial charge in [0.15, 0.2) is 5.82 Å². The summed E-state index contributed by atoms with van der Waals surface area (Å²) in [6, 6.07) is 5.61. The summed E-state index contributed by atoms with van der Waals surface area (Å²) in [6.45, 7) is 1.45. The summed E-state index contributed by atoms with van der Waals surface area (Å²) in [5.41, 5.74) is 0.136. The lowest BCUT2D eigenvalue weighted by atomic mass is 10.1. The van der Waals surface area contributed by atoms with E-state index in [-0.39, 0.29) is 21.8 Å². The maximum Gasteiger partial charge on any atom is 0.335 e. The van der Waals surface area contributed by atoms with Crippen molar-refractivity contribution in [2.24, 2.45) is 7.05 Å². The highest BCUT2D eigenvalue weighted by atomic mass is 32.2. The van der Waals surface area contributed by atoms with Crippen molar-refractivity contribution in [3.8, 4) is 0 Å². The van der Waals surface area contributed by atoms with Gasteiger partial charge in [-0.15, -0.1) is 0 Å². The van der Waals surface area contributed by atoms with E-state index in [0.29, 0.717) is 0 Å². The number of aromatic carboxylic acids is 1. The van der Waals surface area contributed by atoms with Crippen molar-refractivity contribution >= 4 is 21.8 Å². The monoisotopic (exact) mass is 295 g/mol. The molecule has 0 saturated heterocycles. The van der Waals surface area contributed by atoms with Gasteiger partial charge in [-0.1, -0.05) is 6.07 Å². The van der Waals surface area contributed by atoms with E-state index < -0.39 is 16.0 Å². The van der Waals surface area contributed by atoms with Crippen LogP contribution in [-0.2, 0) is 17.1 Å². The second kappa shape index (κ2) is 4.97. The number of sulfonamides is 1. The summed E-state index contributed by atoms with van der Waals surface area (Å²) in [5, 5.41) is 12.9. The van der Waals surface area contributed by atoms with Crippen LogP contribution >= 0.6 is 0 Å². The number of rotatable bonds is 4. The van der Waals surface area contributed by atoms with Gasteiger partial charge in [-0.3, -0.25) is 9.40 Å². The van der Waals surface area contributed by atoms with Crippen LogP contribution in [-0.4, -0.2) is 29.3 Å². The number of benzene rings is 1. The van der Waals surface area contributed by atoms with Crippen molar-refractivity contribution in [2.75, 3.05) is 4.72 Å². The molecule has 106 valence electrons. The molecule has 1 aromatic carbocycles. The van der Waals surface area contributed by atoms with Crippen LogP contribution in [0.1, 0.15) is 15.9 Å². The molecule has 2 aromatic rings. The fourth-order valence-corrected chi connectivity index (χ4v) is 3.06. The van der Waals surface area contributed by atoms with Crippen molar-refractivity contribution in [1.82, 2.24) is 9.78 Å². The Hall–Kier alpha value is -2.35. The zero-order chi connectivity index (χ0) is 14.9. The standard InChI is InChI=1S/C12H13N3O4S/c1-8-9(12(16)17)4-3-5-10(8)20(18,19)14-11-6-7-15(2)13-11/h3-7H,1-2H3,(H,13,14)(H,16,17). The molecule has 0 aliphatic heterocycles. The summed E-state index contributed by atoms with van der Waals surface area (Å²) in [7, 11) is -2.22. The van der Waals surface area contributed by atoms with Gasteiger partial charge in [-0.05, 0) is 24.6 Å². The third-order valence-electron chi connectivity index (χ3n) is 2.76. The summed E-state index contributed by atoms with van der Waals surface area (Å²) >= 11 is 0. The summed E-state index contributed by atoms with van der Waals surface area (Å²) in [6.07, 6.45) is 1.60. The fourth-order valence-electron chi connectivity index (χ4n) is 1.80. The molecule has 0 fully saturated rings.